The second-order valence-electron chi connectivity index (χ2n) is 8.10. The van der Waals surface area contributed by atoms with Gasteiger partial charge in [-0.05, 0) is 18.6 Å². The number of carboxylic acids is 2. The fourth-order valence-corrected chi connectivity index (χ4v) is 3.69. The zero-order chi connectivity index (χ0) is 22.5. The summed E-state index contributed by atoms with van der Waals surface area (Å²) < 4.78 is 0. The summed E-state index contributed by atoms with van der Waals surface area (Å²) >= 11 is 5.31. The van der Waals surface area contributed by atoms with Crippen LogP contribution in [0, 0.1) is 0 Å². The van der Waals surface area contributed by atoms with Crippen molar-refractivity contribution >= 4 is 29.3 Å². The lowest BCUT2D eigenvalue weighted by Gasteiger charge is -2.24. The molecule has 0 aliphatic heterocycles. The quantitative estimate of drug-likeness (QED) is 0.157. The largest absolute Gasteiger partial charge is 0.481 e. The molecule has 0 heterocycles. The SMILES string of the molecule is CCCCCCCCCCCCCCCCNC(=S)N(CCC(=O)O)CCC(=O)O. The third kappa shape index (κ3) is 19.9. The van der Waals surface area contributed by atoms with Crippen molar-refractivity contribution in [1.29, 1.82) is 0 Å². The van der Waals surface area contributed by atoms with E-state index < -0.39 is 11.9 Å². The number of carbonyl (C=O) groups is 2. The highest BCUT2D eigenvalue weighted by Crippen LogP contribution is 2.12. The molecular formula is C23H44N2O4S. The number of aliphatic carboxylic acids is 2. The Labute approximate surface area is 188 Å². The lowest BCUT2D eigenvalue weighted by atomic mass is 10.0. The molecule has 6 nitrogen and oxygen atoms in total. The summed E-state index contributed by atoms with van der Waals surface area (Å²) in [6.07, 6.45) is 18.3. The van der Waals surface area contributed by atoms with Crippen LogP contribution >= 0.6 is 12.2 Å². The van der Waals surface area contributed by atoms with E-state index in [0.717, 1.165) is 19.4 Å². The second kappa shape index (κ2) is 20.9. The summed E-state index contributed by atoms with van der Waals surface area (Å²) in [5.41, 5.74) is 0. The molecule has 0 aromatic heterocycles. The molecule has 0 rings (SSSR count). The summed E-state index contributed by atoms with van der Waals surface area (Å²) in [5.74, 6) is -1.82. The monoisotopic (exact) mass is 444 g/mol. The first-order valence-corrected chi connectivity index (χ1v) is 12.3. The molecule has 7 heteroatoms. The van der Waals surface area contributed by atoms with Crippen molar-refractivity contribution in [3.05, 3.63) is 0 Å². The highest BCUT2D eigenvalue weighted by molar-refractivity contribution is 7.80. The number of thiocarbonyl (C=S) groups is 1. The average Bonchev–Trinajstić information content (AvgIpc) is 2.70. The summed E-state index contributed by atoms with van der Waals surface area (Å²) in [5, 5.41) is 21.3. The van der Waals surface area contributed by atoms with E-state index in [1.54, 1.807) is 4.90 Å². The average molecular weight is 445 g/mol. The molecule has 0 saturated carbocycles. The maximum atomic E-state index is 10.8. The predicted octanol–water partition coefficient (Wildman–Crippen LogP) is 5.59. The summed E-state index contributed by atoms with van der Waals surface area (Å²) in [7, 11) is 0. The second-order valence-corrected chi connectivity index (χ2v) is 8.49. The molecule has 0 radical (unpaired) electrons. The minimum Gasteiger partial charge on any atom is -0.481 e. The van der Waals surface area contributed by atoms with Gasteiger partial charge in [0.05, 0.1) is 12.8 Å². The standard InChI is InChI=1S/C23H44N2O4S/c1-2-3-4-5-6-7-8-9-10-11-12-13-14-15-18-24-23(30)25(19-16-21(26)27)20-17-22(28)29/h2-20H2,1H3,(H,24,30)(H,26,27)(H,28,29). The van der Waals surface area contributed by atoms with Crippen LogP contribution in [0.2, 0.25) is 0 Å². The molecule has 0 aliphatic rings. The molecule has 0 aliphatic carbocycles. The Balaban J connectivity index is 3.60. The van der Waals surface area contributed by atoms with Crippen molar-refractivity contribution in [3.8, 4) is 0 Å². The fourth-order valence-electron chi connectivity index (χ4n) is 3.40. The van der Waals surface area contributed by atoms with Gasteiger partial charge in [0, 0.05) is 19.6 Å². The Bertz CT molecular complexity index is 442. The van der Waals surface area contributed by atoms with Crippen molar-refractivity contribution in [2.75, 3.05) is 19.6 Å². The van der Waals surface area contributed by atoms with E-state index in [-0.39, 0.29) is 25.9 Å². The van der Waals surface area contributed by atoms with Crippen LogP contribution in [0.15, 0.2) is 0 Å². The summed E-state index contributed by atoms with van der Waals surface area (Å²) in [6, 6.07) is 0. The number of carboxylic acid groups (broad SMARTS) is 2. The molecule has 0 aromatic rings. The van der Waals surface area contributed by atoms with Crippen LogP contribution in [0.5, 0.6) is 0 Å². The number of rotatable bonds is 21. The number of hydrogen-bond acceptors (Lipinski definition) is 3. The molecule has 30 heavy (non-hydrogen) atoms. The Hall–Kier alpha value is -1.37. The van der Waals surface area contributed by atoms with E-state index >= 15 is 0 Å². The Kier molecular flexibility index (Phi) is 19.9. The van der Waals surface area contributed by atoms with Gasteiger partial charge in [-0.1, -0.05) is 90.4 Å². The third-order valence-corrected chi connectivity index (χ3v) is 5.69. The van der Waals surface area contributed by atoms with Gasteiger partial charge in [-0.25, -0.2) is 0 Å². The molecule has 0 fully saturated rings. The van der Waals surface area contributed by atoms with Crippen LogP contribution in [0.1, 0.15) is 110 Å². The van der Waals surface area contributed by atoms with Gasteiger partial charge in [0.15, 0.2) is 5.11 Å². The van der Waals surface area contributed by atoms with Gasteiger partial charge in [-0.15, -0.1) is 0 Å². The normalized spacial score (nSPS) is 10.7. The molecule has 0 atom stereocenters. The van der Waals surface area contributed by atoms with Crippen molar-refractivity contribution in [1.82, 2.24) is 10.2 Å². The first-order chi connectivity index (χ1) is 14.5. The van der Waals surface area contributed by atoms with Gasteiger partial charge in [0.1, 0.15) is 0 Å². The zero-order valence-corrected chi connectivity index (χ0v) is 19.8. The van der Waals surface area contributed by atoms with Crippen molar-refractivity contribution < 1.29 is 19.8 Å². The van der Waals surface area contributed by atoms with Crippen LogP contribution in [-0.4, -0.2) is 51.8 Å². The molecule has 0 aromatic carbocycles. The van der Waals surface area contributed by atoms with Crippen LogP contribution < -0.4 is 5.32 Å². The molecule has 0 saturated heterocycles. The van der Waals surface area contributed by atoms with E-state index in [0.29, 0.717) is 5.11 Å². The minimum atomic E-state index is -0.912. The van der Waals surface area contributed by atoms with Crippen LogP contribution in [0.25, 0.3) is 0 Å². The number of nitrogens with one attached hydrogen (secondary N) is 1. The van der Waals surface area contributed by atoms with Crippen molar-refractivity contribution in [3.63, 3.8) is 0 Å². The maximum Gasteiger partial charge on any atom is 0.305 e. The van der Waals surface area contributed by atoms with Crippen molar-refractivity contribution in [2.24, 2.45) is 0 Å². The highest BCUT2D eigenvalue weighted by Gasteiger charge is 2.12. The Morgan fingerprint density at radius 3 is 1.43 bits per heavy atom. The molecule has 0 amide bonds. The van der Waals surface area contributed by atoms with E-state index in [4.69, 9.17) is 22.4 Å². The van der Waals surface area contributed by atoms with E-state index in [1.807, 2.05) is 0 Å². The predicted molar refractivity (Wildman–Crippen MR) is 127 cm³/mol. The highest BCUT2D eigenvalue weighted by atomic mass is 32.1. The van der Waals surface area contributed by atoms with E-state index in [1.165, 1.54) is 77.0 Å². The number of unbranched alkanes of at least 4 members (excludes halogenated alkanes) is 13. The van der Waals surface area contributed by atoms with E-state index in [2.05, 4.69) is 12.2 Å². The van der Waals surface area contributed by atoms with Gasteiger partial charge in [-0.2, -0.15) is 0 Å². The van der Waals surface area contributed by atoms with Crippen LogP contribution in [-0.2, 0) is 9.59 Å². The smallest absolute Gasteiger partial charge is 0.305 e. The van der Waals surface area contributed by atoms with Crippen molar-refractivity contribution in [2.45, 2.75) is 110 Å². The maximum absolute atomic E-state index is 10.8. The molecule has 0 spiro atoms. The third-order valence-electron chi connectivity index (χ3n) is 5.28. The van der Waals surface area contributed by atoms with Crippen LogP contribution in [0.3, 0.4) is 0 Å². The van der Waals surface area contributed by atoms with Gasteiger partial charge < -0.3 is 20.4 Å². The molecule has 3 N–H and O–H groups in total. The van der Waals surface area contributed by atoms with Gasteiger partial charge >= 0.3 is 11.9 Å². The first kappa shape index (κ1) is 28.6. The molecule has 0 unspecified atom stereocenters. The lowest BCUT2D eigenvalue weighted by molar-refractivity contribution is -0.137. The number of hydrogen-bond donors (Lipinski definition) is 3. The van der Waals surface area contributed by atoms with Crippen LogP contribution in [0.4, 0.5) is 0 Å². The Morgan fingerprint density at radius 1 is 0.700 bits per heavy atom. The lowest BCUT2D eigenvalue weighted by Crippen LogP contribution is -2.42. The molecule has 176 valence electrons. The Morgan fingerprint density at radius 2 is 1.07 bits per heavy atom. The number of nitrogens with zero attached hydrogens (tertiary/aromatic N) is 1. The zero-order valence-electron chi connectivity index (χ0n) is 19.0. The molecular weight excluding hydrogens is 400 g/mol. The summed E-state index contributed by atoms with van der Waals surface area (Å²) in [6.45, 7) is 3.46. The molecule has 0 bridgehead atoms. The van der Waals surface area contributed by atoms with Gasteiger partial charge in [0.2, 0.25) is 0 Å². The minimum absolute atomic E-state index is 0.0553. The van der Waals surface area contributed by atoms with E-state index in [9.17, 15) is 9.59 Å². The first-order valence-electron chi connectivity index (χ1n) is 11.9. The fraction of sp³-hybridized carbons (Fsp3) is 0.870. The topological polar surface area (TPSA) is 89.9 Å². The van der Waals surface area contributed by atoms with Gasteiger partial charge in [-0.3, -0.25) is 9.59 Å². The summed E-state index contributed by atoms with van der Waals surface area (Å²) in [4.78, 5) is 23.2. The van der Waals surface area contributed by atoms with Gasteiger partial charge in [0.25, 0.3) is 0 Å².